The first-order chi connectivity index (χ1) is 11.0. The molecular weight excluding hydrogens is 300 g/mol. The summed E-state index contributed by atoms with van der Waals surface area (Å²) in [6, 6.07) is 0.366. The highest BCUT2D eigenvalue weighted by Gasteiger charge is 2.17. The number of amides is 2. The first-order valence-electron chi connectivity index (χ1n) is 8.22. The van der Waals surface area contributed by atoms with Gasteiger partial charge >= 0.3 is 5.97 Å². The highest BCUT2D eigenvalue weighted by molar-refractivity contribution is 5.78. The minimum absolute atomic E-state index is 0.0156. The molecule has 0 aromatic rings. The van der Waals surface area contributed by atoms with Crippen LogP contribution in [0, 0.1) is 0 Å². The van der Waals surface area contributed by atoms with Crippen molar-refractivity contribution in [1.29, 1.82) is 0 Å². The topological polar surface area (TPSA) is 93.7 Å². The molecule has 132 valence electrons. The minimum atomic E-state index is -0.496. The Balaban J connectivity index is 2.29. The van der Waals surface area contributed by atoms with Crippen molar-refractivity contribution < 1.29 is 23.9 Å². The van der Waals surface area contributed by atoms with Gasteiger partial charge in [-0.3, -0.25) is 9.59 Å². The van der Waals surface area contributed by atoms with Crippen molar-refractivity contribution in [1.82, 2.24) is 10.6 Å². The predicted octanol–water partition coefficient (Wildman–Crippen LogP) is 0.910. The van der Waals surface area contributed by atoms with Gasteiger partial charge in [0.05, 0.1) is 7.11 Å². The molecule has 0 saturated heterocycles. The van der Waals surface area contributed by atoms with Crippen LogP contribution in [0.2, 0.25) is 0 Å². The minimum Gasteiger partial charge on any atom is -0.467 e. The SMILES string of the molecule is COC(=O)COCC(=O)NC1CCCCC(NC(C)=O)CCC1. The molecule has 0 bridgehead atoms. The zero-order valence-corrected chi connectivity index (χ0v) is 14.1. The number of methoxy groups -OCH3 is 1. The summed E-state index contributed by atoms with van der Waals surface area (Å²) < 4.78 is 9.44. The fourth-order valence-corrected chi connectivity index (χ4v) is 2.81. The lowest BCUT2D eigenvalue weighted by Gasteiger charge is -2.18. The summed E-state index contributed by atoms with van der Waals surface area (Å²) >= 11 is 0. The summed E-state index contributed by atoms with van der Waals surface area (Å²) in [4.78, 5) is 33.9. The van der Waals surface area contributed by atoms with Crippen LogP contribution in [-0.2, 0) is 23.9 Å². The van der Waals surface area contributed by atoms with Crippen LogP contribution in [-0.4, -0.2) is 50.2 Å². The van der Waals surface area contributed by atoms with Crippen LogP contribution in [0.25, 0.3) is 0 Å². The fourth-order valence-electron chi connectivity index (χ4n) is 2.81. The van der Waals surface area contributed by atoms with E-state index in [4.69, 9.17) is 4.74 Å². The Kier molecular flexibility index (Phi) is 9.28. The molecule has 1 saturated carbocycles. The molecule has 0 heterocycles. The van der Waals surface area contributed by atoms with E-state index in [1.807, 2.05) is 0 Å². The van der Waals surface area contributed by atoms with Gasteiger partial charge in [-0.05, 0) is 32.1 Å². The largest absolute Gasteiger partial charge is 0.467 e. The fraction of sp³-hybridized carbons (Fsp3) is 0.812. The Morgan fingerprint density at radius 1 is 0.913 bits per heavy atom. The van der Waals surface area contributed by atoms with Gasteiger partial charge in [-0.2, -0.15) is 0 Å². The zero-order chi connectivity index (χ0) is 17.1. The van der Waals surface area contributed by atoms with Crippen LogP contribution < -0.4 is 10.6 Å². The van der Waals surface area contributed by atoms with Crippen LogP contribution in [0.3, 0.4) is 0 Å². The van der Waals surface area contributed by atoms with Crippen molar-refractivity contribution in [2.75, 3.05) is 20.3 Å². The van der Waals surface area contributed by atoms with E-state index in [1.165, 1.54) is 7.11 Å². The van der Waals surface area contributed by atoms with Gasteiger partial charge in [0.1, 0.15) is 13.2 Å². The maximum absolute atomic E-state index is 11.8. The molecule has 2 amide bonds. The van der Waals surface area contributed by atoms with Gasteiger partial charge in [-0.25, -0.2) is 4.79 Å². The molecule has 23 heavy (non-hydrogen) atoms. The molecule has 0 spiro atoms. The summed E-state index contributed by atoms with van der Waals surface area (Å²) in [5.74, 6) is -0.692. The summed E-state index contributed by atoms with van der Waals surface area (Å²) in [5.41, 5.74) is 0. The number of hydrogen-bond acceptors (Lipinski definition) is 5. The second kappa shape index (κ2) is 11.0. The molecule has 0 aromatic heterocycles. The summed E-state index contributed by atoms with van der Waals surface area (Å²) in [7, 11) is 1.28. The summed E-state index contributed by atoms with van der Waals surface area (Å²) in [6.07, 6.45) is 6.75. The van der Waals surface area contributed by atoms with E-state index in [9.17, 15) is 14.4 Å². The van der Waals surface area contributed by atoms with Gasteiger partial charge in [0.2, 0.25) is 11.8 Å². The van der Waals surface area contributed by atoms with Crippen molar-refractivity contribution >= 4 is 17.8 Å². The number of carbonyl (C=O) groups is 3. The van der Waals surface area contributed by atoms with Crippen molar-refractivity contribution in [2.24, 2.45) is 0 Å². The van der Waals surface area contributed by atoms with E-state index in [0.29, 0.717) is 0 Å². The molecule has 1 aliphatic carbocycles. The van der Waals surface area contributed by atoms with Gasteiger partial charge in [0, 0.05) is 19.0 Å². The quantitative estimate of drug-likeness (QED) is 0.707. The molecule has 0 aliphatic heterocycles. The standard InChI is InChI=1S/C16H28N2O5/c1-12(19)17-13-6-3-4-7-14(9-5-8-13)18-15(20)10-23-11-16(21)22-2/h13-14H,3-11H2,1-2H3,(H,17,19)(H,18,20). The number of esters is 1. The third-order valence-corrected chi connectivity index (χ3v) is 3.91. The third-order valence-electron chi connectivity index (χ3n) is 3.91. The maximum Gasteiger partial charge on any atom is 0.331 e. The highest BCUT2D eigenvalue weighted by atomic mass is 16.6. The molecule has 7 nitrogen and oxygen atoms in total. The number of carbonyl (C=O) groups excluding carboxylic acids is 3. The van der Waals surface area contributed by atoms with Crippen LogP contribution >= 0.6 is 0 Å². The van der Waals surface area contributed by atoms with E-state index >= 15 is 0 Å². The Morgan fingerprint density at radius 3 is 2.04 bits per heavy atom. The van der Waals surface area contributed by atoms with Gasteiger partial charge < -0.3 is 20.1 Å². The molecule has 0 aromatic carbocycles. The van der Waals surface area contributed by atoms with E-state index in [0.717, 1.165) is 44.9 Å². The van der Waals surface area contributed by atoms with Gasteiger partial charge in [-0.1, -0.05) is 12.8 Å². The lowest BCUT2D eigenvalue weighted by atomic mass is 10.0. The van der Waals surface area contributed by atoms with E-state index in [1.54, 1.807) is 6.92 Å². The third kappa shape index (κ3) is 9.18. The lowest BCUT2D eigenvalue weighted by Crippen LogP contribution is -2.37. The molecular formula is C16H28N2O5. The molecule has 1 rings (SSSR count). The van der Waals surface area contributed by atoms with Crippen molar-refractivity contribution in [3.05, 3.63) is 0 Å². The summed E-state index contributed by atoms with van der Waals surface area (Å²) in [5, 5.41) is 5.95. The Morgan fingerprint density at radius 2 is 1.48 bits per heavy atom. The molecule has 1 fully saturated rings. The first kappa shape index (κ1) is 19.4. The van der Waals surface area contributed by atoms with Crippen LogP contribution in [0.4, 0.5) is 0 Å². The molecule has 2 atom stereocenters. The first-order valence-corrected chi connectivity index (χ1v) is 8.22. The zero-order valence-electron chi connectivity index (χ0n) is 14.1. The average molecular weight is 328 g/mol. The number of nitrogens with one attached hydrogen (secondary N) is 2. The second-order valence-corrected chi connectivity index (χ2v) is 5.95. The van der Waals surface area contributed by atoms with E-state index in [2.05, 4.69) is 15.4 Å². The van der Waals surface area contributed by atoms with Gasteiger partial charge in [-0.15, -0.1) is 0 Å². The number of ether oxygens (including phenoxy) is 2. The van der Waals surface area contributed by atoms with Crippen LogP contribution in [0.15, 0.2) is 0 Å². The highest BCUT2D eigenvalue weighted by Crippen LogP contribution is 2.17. The normalized spacial score (nSPS) is 22.2. The monoisotopic (exact) mass is 328 g/mol. The van der Waals surface area contributed by atoms with E-state index in [-0.39, 0.29) is 37.1 Å². The molecule has 0 radical (unpaired) electrons. The molecule has 1 aliphatic rings. The second-order valence-electron chi connectivity index (χ2n) is 5.95. The Labute approximate surface area is 137 Å². The van der Waals surface area contributed by atoms with Crippen molar-refractivity contribution in [3.8, 4) is 0 Å². The van der Waals surface area contributed by atoms with Crippen molar-refractivity contribution in [3.63, 3.8) is 0 Å². The number of hydrogen-bond donors (Lipinski definition) is 2. The smallest absolute Gasteiger partial charge is 0.331 e. The molecule has 2 unspecified atom stereocenters. The van der Waals surface area contributed by atoms with Crippen LogP contribution in [0.1, 0.15) is 51.9 Å². The predicted molar refractivity (Wildman–Crippen MR) is 84.7 cm³/mol. The van der Waals surface area contributed by atoms with Crippen molar-refractivity contribution in [2.45, 2.75) is 64.0 Å². The van der Waals surface area contributed by atoms with Gasteiger partial charge in [0.25, 0.3) is 0 Å². The average Bonchev–Trinajstić information content (AvgIpc) is 2.59. The maximum atomic E-state index is 11.8. The molecule has 2 N–H and O–H groups in total. The summed E-state index contributed by atoms with van der Waals surface area (Å²) in [6.45, 7) is 1.19. The lowest BCUT2D eigenvalue weighted by molar-refractivity contribution is -0.147. The molecule has 7 heteroatoms. The number of rotatable bonds is 6. The van der Waals surface area contributed by atoms with Crippen LogP contribution in [0.5, 0.6) is 0 Å². The van der Waals surface area contributed by atoms with E-state index < -0.39 is 5.97 Å². The van der Waals surface area contributed by atoms with Gasteiger partial charge in [0.15, 0.2) is 0 Å². The Bertz CT molecular complexity index is 400. The Hall–Kier alpha value is -1.63.